The van der Waals surface area contributed by atoms with Crippen molar-refractivity contribution in [3.63, 3.8) is 0 Å². The van der Waals surface area contributed by atoms with Gasteiger partial charge in [-0.15, -0.1) is 11.8 Å². The van der Waals surface area contributed by atoms with Crippen molar-refractivity contribution < 1.29 is 9.59 Å². The fraction of sp³-hybridized carbons (Fsp3) is 0.391. The molecular formula is C23H25NO2S2. The molecule has 5 heteroatoms. The van der Waals surface area contributed by atoms with Gasteiger partial charge >= 0.3 is 0 Å². The van der Waals surface area contributed by atoms with Gasteiger partial charge in [-0.2, -0.15) is 12.6 Å². The number of piperidine rings is 1. The predicted molar refractivity (Wildman–Crippen MR) is 119 cm³/mol. The van der Waals surface area contributed by atoms with Gasteiger partial charge in [0, 0.05) is 10.7 Å². The Kier molecular flexibility index (Phi) is 4.87. The molecule has 3 nitrogen and oxygen atoms in total. The molecule has 0 N–H and O–H groups in total. The van der Waals surface area contributed by atoms with Gasteiger partial charge in [-0.05, 0) is 42.4 Å². The maximum absolute atomic E-state index is 13.5. The molecule has 28 heavy (non-hydrogen) atoms. The molecule has 1 heterocycles. The fourth-order valence-corrected chi connectivity index (χ4v) is 6.97. The Hall–Kier alpha value is -1.72. The van der Waals surface area contributed by atoms with Crippen LogP contribution in [0.1, 0.15) is 25.0 Å². The summed E-state index contributed by atoms with van der Waals surface area (Å²) < 4.78 is -0.714. The van der Waals surface area contributed by atoms with Crippen LogP contribution in [0.15, 0.2) is 54.6 Å². The van der Waals surface area contributed by atoms with Gasteiger partial charge in [-0.25, -0.2) is 4.90 Å². The zero-order chi connectivity index (χ0) is 20.1. The number of thioether (sulfide) groups is 1. The van der Waals surface area contributed by atoms with Crippen LogP contribution in [0.4, 0.5) is 5.69 Å². The second-order valence-electron chi connectivity index (χ2n) is 7.86. The minimum absolute atomic E-state index is 0.0649. The third kappa shape index (κ3) is 2.52. The van der Waals surface area contributed by atoms with Crippen LogP contribution in [0.25, 0.3) is 0 Å². The molecule has 4 atom stereocenters. The average molecular weight is 412 g/mol. The molecule has 1 aliphatic carbocycles. The monoisotopic (exact) mass is 411 g/mol. The van der Waals surface area contributed by atoms with Crippen molar-refractivity contribution in [3.05, 3.63) is 65.7 Å². The molecular weight excluding hydrogens is 386 g/mol. The van der Waals surface area contributed by atoms with Gasteiger partial charge in [0.05, 0.1) is 11.6 Å². The van der Waals surface area contributed by atoms with Crippen molar-refractivity contribution in [2.45, 2.75) is 36.7 Å². The summed E-state index contributed by atoms with van der Waals surface area (Å²) in [6.45, 7) is 4.15. The summed E-state index contributed by atoms with van der Waals surface area (Å²) >= 11 is 6.40. The first kappa shape index (κ1) is 19.6. The van der Waals surface area contributed by atoms with Crippen LogP contribution in [0.3, 0.4) is 0 Å². The zero-order valence-electron chi connectivity index (χ0n) is 16.4. The van der Waals surface area contributed by atoms with Crippen molar-refractivity contribution in [3.8, 4) is 0 Å². The van der Waals surface area contributed by atoms with Crippen molar-refractivity contribution >= 4 is 41.9 Å². The summed E-state index contributed by atoms with van der Waals surface area (Å²) in [6, 6.07) is 17.9. The number of anilines is 1. The number of benzene rings is 2. The Bertz CT molecular complexity index is 914. The van der Waals surface area contributed by atoms with E-state index < -0.39 is 10.2 Å². The number of fused-ring (bicyclic) bond motifs is 1. The molecule has 1 aliphatic heterocycles. The first-order chi connectivity index (χ1) is 13.4. The van der Waals surface area contributed by atoms with Gasteiger partial charge in [-0.3, -0.25) is 9.59 Å². The highest BCUT2D eigenvalue weighted by molar-refractivity contribution is 8.01. The van der Waals surface area contributed by atoms with Crippen LogP contribution in [-0.4, -0.2) is 28.1 Å². The first-order valence-electron chi connectivity index (χ1n) is 9.66. The highest BCUT2D eigenvalue weighted by Gasteiger charge is 2.87. The van der Waals surface area contributed by atoms with Crippen molar-refractivity contribution in [1.29, 1.82) is 0 Å². The van der Waals surface area contributed by atoms with Crippen LogP contribution >= 0.6 is 24.4 Å². The lowest BCUT2D eigenvalue weighted by molar-refractivity contribution is -0.124. The van der Waals surface area contributed by atoms with E-state index in [0.29, 0.717) is 5.69 Å². The molecule has 0 bridgehead atoms. The van der Waals surface area contributed by atoms with Gasteiger partial charge in [-0.1, -0.05) is 56.3 Å². The number of hydrogen-bond acceptors (Lipinski definition) is 4. The second kappa shape index (κ2) is 6.96. The summed E-state index contributed by atoms with van der Waals surface area (Å²) in [5.41, 5.74) is 2.60. The zero-order valence-corrected chi connectivity index (χ0v) is 18.1. The van der Waals surface area contributed by atoms with E-state index in [2.05, 4.69) is 26.0 Å². The minimum atomic E-state index is -0.714. The minimum Gasteiger partial charge on any atom is -0.274 e. The lowest BCUT2D eigenvalue weighted by Gasteiger charge is -2.30. The number of nitrogens with zero attached hydrogens (tertiary/aromatic N) is 1. The van der Waals surface area contributed by atoms with Crippen LogP contribution in [0, 0.1) is 11.3 Å². The van der Waals surface area contributed by atoms with Gasteiger partial charge in [0.1, 0.15) is 4.75 Å². The number of rotatable bonds is 6. The molecule has 0 radical (unpaired) electrons. The average Bonchev–Trinajstić information content (AvgIpc) is 3.21. The van der Waals surface area contributed by atoms with Crippen molar-refractivity contribution in [1.82, 2.24) is 0 Å². The van der Waals surface area contributed by atoms with E-state index in [-0.39, 0.29) is 23.0 Å². The Morgan fingerprint density at radius 1 is 1.07 bits per heavy atom. The fourth-order valence-electron chi connectivity index (χ4n) is 4.83. The van der Waals surface area contributed by atoms with E-state index in [1.807, 2.05) is 48.7 Å². The van der Waals surface area contributed by atoms with Crippen LogP contribution in [-0.2, 0) is 22.4 Å². The molecule has 0 spiro atoms. The molecule has 0 aromatic heterocycles. The van der Waals surface area contributed by atoms with E-state index in [4.69, 9.17) is 12.6 Å². The van der Waals surface area contributed by atoms with Gasteiger partial charge in [0.2, 0.25) is 5.91 Å². The molecule has 146 valence electrons. The predicted octanol–water partition coefficient (Wildman–Crippen LogP) is 4.40. The van der Waals surface area contributed by atoms with E-state index in [9.17, 15) is 9.59 Å². The molecule has 4 rings (SSSR count). The molecule has 2 aliphatic rings. The largest absolute Gasteiger partial charge is 0.274 e. The normalized spacial score (nSPS) is 29.7. The highest BCUT2D eigenvalue weighted by Crippen LogP contribution is 2.75. The van der Waals surface area contributed by atoms with Crippen molar-refractivity contribution in [2.75, 3.05) is 11.2 Å². The molecule has 2 amide bonds. The Balaban J connectivity index is 1.63. The summed E-state index contributed by atoms with van der Waals surface area (Å²) in [7, 11) is 0. The lowest BCUT2D eigenvalue weighted by atomic mass is 9.92. The number of imide groups is 1. The first-order valence-corrected chi connectivity index (χ1v) is 11.4. The van der Waals surface area contributed by atoms with Crippen LogP contribution in [0.5, 0.6) is 0 Å². The maximum atomic E-state index is 13.5. The summed E-state index contributed by atoms with van der Waals surface area (Å²) in [5.74, 6) is -0.494. The van der Waals surface area contributed by atoms with E-state index in [1.54, 1.807) is 0 Å². The maximum Gasteiger partial charge on any atom is 0.251 e. The standard InChI is InChI=1S/C23H25NO2S2/c1-4-15-10-12-17(13-11-15)24-20(25)19-22(2,23(19,28-3)21(24)26)18(27)14-16-8-6-5-7-9-16/h5-13,18-19,27H,4,14H2,1-3H3. The molecule has 2 aromatic rings. The van der Waals surface area contributed by atoms with Crippen LogP contribution in [0.2, 0.25) is 0 Å². The molecule has 2 fully saturated rings. The Morgan fingerprint density at radius 3 is 2.25 bits per heavy atom. The lowest BCUT2D eigenvalue weighted by Crippen LogP contribution is -2.44. The van der Waals surface area contributed by atoms with E-state index in [1.165, 1.54) is 27.8 Å². The third-order valence-electron chi connectivity index (χ3n) is 6.60. The number of thiol groups is 1. The van der Waals surface area contributed by atoms with Gasteiger partial charge in [0.15, 0.2) is 0 Å². The van der Waals surface area contributed by atoms with E-state index in [0.717, 1.165) is 12.8 Å². The molecule has 2 aromatic carbocycles. The summed E-state index contributed by atoms with van der Waals surface area (Å²) in [5, 5.41) is -0.0649. The van der Waals surface area contributed by atoms with Crippen molar-refractivity contribution in [2.24, 2.45) is 11.3 Å². The Morgan fingerprint density at radius 2 is 1.71 bits per heavy atom. The number of hydrogen-bond donors (Lipinski definition) is 1. The van der Waals surface area contributed by atoms with Gasteiger partial charge in [0.25, 0.3) is 5.91 Å². The summed E-state index contributed by atoms with van der Waals surface area (Å²) in [6.07, 6.45) is 3.61. The number of carbonyl (C=O) groups excluding carboxylic acids is 2. The van der Waals surface area contributed by atoms with E-state index >= 15 is 0 Å². The molecule has 1 saturated carbocycles. The Labute approximate surface area is 176 Å². The number of amides is 2. The number of carbonyl (C=O) groups is 2. The second-order valence-corrected chi connectivity index (χ2v) is 9.54. The third-order valence-corrected chi connectivity index (χ3v) is 8.81. The molecule has 1 saturated heterocycles. The quantitative estimate of drug-likeness (QED) is 0.565. The number of aryl methyl sites for hydroxylation is 1. The SMILES string of the molecule is CCc1ccc(N2C(=O)C3C(SC)(C2=O)C3(C)C(S)Cc2ccccc2)cc1. The van der Waals surface area contributed by atoms with Crippen LogP contribution < -0.4 is 4.90 Å². The topological polar surface area (TPSA) is 37.4 Å². The van der Waals surface area contributed by atoms with Gasteiger partial charge < -0.3 is 0 Å². The summed E-state index contributed by atoms with van der Waals surface area (Å²) in [4.78, 5) is 28.2. The molecule has 4 unspecified atom stereocenters. The smallest absolute Gasteiger partial charge is 0.251 e. The highest BCUT2D eigenvalue weighted by atomic mass is 32.2.